The number of ether oxygens (including phenoxy) is 2. The molecular formula is C13H20O3. The number of hydrogen-bond donors (Lipinski definition) is 0. The van der Waals surface area contributed by atoms with Crippen LogP contribution >= 0.6 is 0 Å². The van der Waals surface area contributed by atoms with Gasteiger partial charge in [-0.25, -0.2) is 0 Å². The van der Waals surface area contributed by atoms with Crippen LogP contribution in [0.15, 0.2) is 12.2 Å². The van der Waals surface area contributed by atoms with Crippen molar-refractivity contribution in [1.29, 1.82) is 0 Å². The molecule has 0 radical (unpaired) electrons. The van der Waals surface area contributed by atoms with Gasteiger partial charge < -0.3 is 9.47 Å². The van der Waals surface area contributed by atoms with Gasteiger partial charge in [0.05, 0.1) is 6.61 Å². The van der Waals surface area contributed by atoms with Crippen LogP contribution in [0.2, 0.25) is 0 Å². The third-order valence-electron chi connectivity index (χ3n) is 3.92. The van der Waals surface area contributed by atoms with Crippen molar-refractivity contribution in [2.45, 2.75) is 32.3 Å². The molecule has 16 heavy (non-hydrogen) atoms. The van der Waals surface area contributed by atoms with Gasteiger partial charge in [0.15, 0.2) is 0 Å². The fourth-order valence-corrected chi connectivity index (χ4v) is 3.16. The van der Waals surface area contributed by atoms with Crippen molar-refractivity contribution >= 4 is 5.97 Å². The minimum Gasteiger partial charge on any atom is -0.459 e. The lowest BCUT2D eigenvalue weighted by molar-refractivity contribution is -0.160. The molecule has 3 heteroatoms. The molecule has 2 aliphatic carbocycles. The topological polar surface area (TPSA) is 35.5 Å². The largest absolute Gasteiger partial charge is 0.459 e. The molecule has 0 heterocycles. The zero-order valence-electron chi connectivity index (χ0n) is 10.2. The second-order valence-corrected chi connectivity index (χ2v) is 5.04. The van der Waals surface area contributed by atoms with Crippen LogP contribution in [-0.2, 0) is 14.3 Å². The number of hydrogen-bond acceptors (Lipinski definition) is 3. The number of fused-ring (bicyclic) bond motifs is 2. The van der Waals surface area contributed by atoms with E-state index in [1.807, 2.05) is 6.92 Å². The van der Waals surface area contributed by atoms with Crippen molar-refractivity contribution in [3.8, 4) is 0 Å². The number of rotatable bonds is 4. The predicted molar refractivity (Wildman–Crippen MR) is 60.9 cm³/mol. The van der Waals surface area contributed by atoms with Gasteiger partial charge in [-0.15, -0.1) is 0 Å². The highest BCUT2D eigenvalue weighted by atomic mass is 16.6. The molecular weight excluding hydrogens is 204 g/mol. The van der Waals surface area contributed by atoms with Crippen molar-refractivity contribution < 1.29 is 14.3 Å². The van der Waals surface area contributed by atoms with Crippen LogP contribution in [-0.4, -0.2) is 25.3 Å². The van der Waals surface area contributed by atoms with E-state index in [2.05, 4.69) is 19.1 Å². The maximum Gasteiger partial charge on any atom is 0.306 e. The zero-order chi connectivity index (χ0) is 11.8. The Bertz CT molecular complexity index is 310. The maximum atomic E-state index is 11.4. The van der Waals surface area contributed by atoms with E-state index in [0.717, 1.165) is 13.0 Å². The minimum absolute atomic E-state index is 0.0976. The molecule has 0 aliphatic heterocycles. The van der Waals surface area contributed by atoms with Gasteiger partial charge in [0.2, 0.25) is 0 Å². The lowest BCUT2D eigenvalue weighted by atomic mass is 9.88. The van der Waals surface area contributed by atoms with Crippen LogP contribution in [0, 0.1) is 17.8 Å². The van der Waals surface area contributed by atoms with E-state index in [1.165, 1.54) is 0 Å². The van der Waals surface area contributed by atoms with Crippen molar-refractivity contribution in [2.75, 3.05) is 13.7 Å². The molecule has 2 aliphatic rings. The minimum atomic E-state index is -0.310. The summed E-state index contributed by atoms with van der Waals surface area (Å²) in [7, 11) is 1.73. The molecule has 0 aromatic rings. The van der Waals surface area contributed by atoms with Crippen molar-refractivity contribution in [3.05, 3.63) is 12.2 Å². The predicted octanol–water partition coefficient (Wildman–Crippen LogP) is 2.17. The molecule has 0 saturated heterocycles. The summed E-state index contributed by atoms with van der Waals surface area (Å²) in [6, 6.07) is 0. The molecule has 3 nitrogen and oxygen atoms in total. The van der Waals surface area contributed by atoms with Gasteiger partial charge in [-0.2, -0.15) is 0 Å². The first-order valence-electron chi connectivity index (χ1n) is 6.00. The highest BCUT2D eigenvalue weighted by molar-refractivity contribution is 5.69. The lowest BCUT2D eigenvalue weighted by Gasteiger charge is -2.32. The number of methoxy groups -OCH3 is 1. The Morgan fingerprint density at radius 1 is 1.50 bits per heavy atom. The smallest absolute Gasteiger partial charge is 0.306 e. The summed E-state index contributed by atoms with van der Waals surface area (Å²) in [5.41, 5.74) is -0.310. The average molecular weight is 224 g/mol. The molecule has 1 fully saturated rings. The summed E-state index contributed by atoms with van der Waals surface area (Å²) >= 11 is 0. The second kappa shape index (κ2) is 4.21. The Hall–Kier alpha value is -0.830. The number of esters is 1. The number of carbonyl (C=O) groups excluding carboxylic acids is 1. The van der Waals surface area contributed by atoms with E-state index >= 15 is 0 Å². The van der Waals surface area contributed by atoms with Gasteiger partial charge in [0.25, 0.3) is 0 Å². The first-order valence-corrected chi connectivity index (χ1v) is 6.00. The highest BCUT2D eigenvalue weighted by Crippen LogP contribution is 2.52. The Kier molecular flexibility index (Phi) is 3.06. The molecule has 0 aromatic heterocycles. The van der Waals surface area contributed by atoms with E-state index in [4.69, 9.17) is 9.47 Å². The fourth-order valence-electron chi connectivity index (χ4n) is 3.16. The van der Waals surface area contributed by atoms with E-state index in [-0.39, 0.29) is 11.6 Å². The number of carbonyl (C=O) groups is 1. The Labute approximate surface area is 96.8 Å². The molecule has 0 spiro atoms. The van der Waals surface area contributed by atoms with Gasteiger partial charge in [0.1, 0.15) is 5.60 Å². The van der Waals surface area contributed by atoms with Crippen LogP contribution in [0.4, 0.5) is 0 Å². The van der Waals surface area contributed by atoms with Gasteiger partial charge in [0, 0.05) is 19.4 Å². The quantitative estimate of drug-likeness (QED) is 0.542. The normalized spacial score (nSPS) is 40.3. The van der Waals surface area contributed by atoms with Gasteiger partial charge in [-0.3, -0.25) is 4.79 Å². The number of allylic oxidation sites excluding steroid dienone is 1. The molecule has 0 amide bonds. The van der Waals surface area contributed by atoms with Crippen molar-refractivity contribution in [1.82, 2.24) is 0 Å². The summed E-state index contributed by atoms with van der Waals surface area (Å²) in [5, 5.41) is 0. The van der Waals surface area contributed by atoms with E-state index < -0.39 is 0 Å². The van der Waals surface area contributed by atoms with Crippen molar-refractivity contribution in [3.63, 3.8) is 0 Å². The Morgan fingerprint density at radius 3 is 2.88 bits per heavy atom. The van der Waals surface area contributed by atoms with E-state index in [1.54, 1.807) is 7.11 Å². The van der Waals surface area contributed by atoms with Crippen LogP contribution in [0.1, 0.15) is 26.7 Å². The summed E-state index contributed by atoms with van der Waals surface area (Å²) < 4.78 is 10.9. The summed E-state index contributed by atoms with van der Waals surface area (Å²) in [6.07, 6.45) is 5.83. The van der Waals surface area contributed by atoms with Gasteiger partial charge >= 0.3 is 5.97 Å². The monoisotopic (exact) mass is 224 g/mol. The summed E-state index contributed by atoms with van der Waals surface area (Å²) in [5.74, 6) is 1.23. The van der Waals surface area contributed by atoms with Crippen molar-refractivity contribution in [2.24, 2.45) is 17.8 Å². The van der Waals surface area contributed by atoms with E-state index in [0.29, 0.717) is 24.2 Å². The molecule has 0 aromatic carbocycles. The summed E-state index contributed by atoms with van der Waals surface area (Å²) in [6.45, 7) is 4.64. The molecule has 4 unspecified atom stereocenters. The first kappa shape index (κ1) is 11.6. The molecule has 90 valence electrons. The molecule has 2 rings (SSSR count). The molecule has 4 atom stereocenters. The zero-order valence-corrected chi connectivity index (χ0v) is 10.2. The third-order valence-corrected chi connectivity index (χ3v) is 3.92. The average Bonchev–Trinajstić information content (AvgIpc) is 2.73. The maximum absolute atomic E-state index is 11.4. The van der Waals surface area contributed by atoms with Crippen LogP contribution in [0.3, 0.4) is 0 Å². The van der Waals surface area contributed by atoms with Crippen LogP contribution < -0.4 is 0 Å². The molecule has 1 saturated carbocycles. The summed E-state index contributed by atoms with van der Waals surface area (Å²) in [4.78, 5) is 11.4. The van der Waals surface area contributed by atoms with E-state index in [9.17, 15) is 4.79 Å². The SMILES string of the molecule is CCC(=O)OC1(C)CC2C=CC1C2COC. The Morgan fingerprint density at radius 2 is 2.25 bits per heavy atom. The fraction of sp³-hybridized carbons (Fsp3) is 0.769. The third kappa shape index (κ3) is 1.77. The molecule has 0 N–H and O–H groups in total. The van der Waals surface area contributed by atoms with Gasteiger partial charge in [-0.1, -0.05) is 19.1 Å². The molecule has 2 bridgehead atoms. The van der Waals surface area contributed by atoms with Crippen LogP contribution in [0.5, 0.6) is 0 Å². The van der Waals surface area contributed by atoms with Gasteiger partial charge in [-0.05, 0) is 25.2 Å². The standard InChI is InChI=1S/C13H20O3/c1-4-12(14)16-13(2)7-9-5-6-11(13)10(9)8-15-3/h5-6,9-11H,4,7-8H2,1-3H3. The van der Waals surface area contributed by atoms with Crippen LogP contribution in [0.25, 0.3) is 0 Å². The Balaban J connectivity index is 2.08. The highest BCUT2D eigenvalue weighted by Gasteiger charge is 2.54. The lowest BCUT2D eigenvalue weighted by Crippen LogP contribution is -2.37. The second-order valence-electron chi connectivity index (χ2n) is 5.04. The first-order chi connectivity index (χ1) is 7.60.